The van der Waals surface area contributed by atoms with Crippen molar-refractivity contribution in [2.24, 2.45) is 5.92 Å². The van der Waals surface area contributed by atoms with E-state index in [1.54, 1.807) is 12.1 Å². The molecule has 2 fully saturated rings. The van der Waals surface area contributed by atoms with Crippen molar-refractivity contribution in [3.8, 4) is 5.75 Å². The molecule has 3 heterocycles. The van der Waals surface area contributed by atoms with E-state index in [2.05, 4.69) is 4.90 Å². The van der Waals surface area contributed by atoms with Crippen LogP contribution in [0.1, 0.15) is 53.3 Å². The van der Waals surface area contributed by atoms with Gasteiger partial charge < -0.3 is 14.6 Å². The zero-order valence-corrected chi connectivity index (χ0v) is 17.6. The summed E-state index contributed by atoms with van der Waals surface area (Å²) in [6.07, 6.45) is 4.19. The molecule has 30 heavy (non-hydrogen) atoms. The quantitative estimate of drug-likeness (QED) is 0.752. The van der Waals surface area contributed by atoms with Crippen molar-refractivity contribution < 1.29 is 19.4 Å². The number of fused-ring (bicyclic) bond motifs is 4. The van der Waals surface area contributed by atoms with Crippen LogP contribution in [0.2, 0.25) is 5.02 Å². The SMILES string of the molecule is O=C(O)c1ccc(CN2CCC3(CC2)Oc2ccc(Cl)cc2[C@H]2OCCC[C@@H]23)cc1. The molecule has 0 aromatic heterocycles. The topological polar surface area (TPSA) is 59.0 Å². The summed E-state index contributed by atoms with van der Waals surface area (Å²) in [6.45, 7) is 3.52. The van der Waals surface area contributed by atoms with Crippen molar-refractivity contribution in [2.45, 2.75) is 43.9 Å². The van der Waals surface area contributed by atoms with Gasteiger partial charge in [0, 0.05) is 55.6 Å². The first-order chi connectivity index (χ1) is 14.5. The third kappa shape index (κ3) is 3.59. The van der Waals surface area contributed by atoms with E-state index < -0.39 is 5.97 Å². The number of rotatable bonds is 3. The first kappa shape index (κ1) is 19.9. The van der Waals surface area contributed by atoms with E-state index in [0.29, 0.717) is 11.5 Å². The maximum absolute atomic E-state index is 11.1. The normalized spacial score (nSPS) is 25.2. The summed E-state index contributed by atoms with van der Waals surface area (Å²) >= 11 is 6.26. The van der Waals surface area contributed by atoms with Crippen molar-refractivity contribution in [2.75, 3.05) is 19.7 Å². The lowest BCUT2D eigenvalue weighted by atomic mass is 9.70. The smallest absolute Gasteiger partial charge is 0.335 e. The van der Waals surface area contributed by atoms with Gasteiger partial charge in [-0.15, -0.1) is 0 Å². The minimum Gasteiger partial charge on any atom is -0.486 e. The molecule has 0 radical (unpaired) electrons. The van der Waals surface area contributed by atoms with Crippen LogP contribution < -0.4 is 4.74 Å². The highest BCUT2D eigenvalue weighted by molar-refractivity contribution is 6.30. The highest BCUT2D eigenvalue weighted by atomic mass is 35.5. The van der Waals surface area contributed by atoms with Crippen molar-refractivity contribution in [3.05, 3.63) is 64.2 Å². The fraction of sp³-hybridized carbons (Fsp3) is 0.458. The molecule has 6 heteroatoms. The third-order valence-corrected chi connectivity index (χ3v) is 7.13. The zero-order valence-electron chi connectivity index (χ0n) is 16.9. The van der Waals surface area contributed by atoms with E-state index in [-0.39, 0.29) is 11.7 Å². The van der Waals surface area contributed by atoms with Gasteiger partial charge >= 0.3 is 5.97 Å². The fourth-order valence-corrected chi connectivity index (χ4v) is 5.51. The highest BCUT2D eigenvalue weighted by Crippen LogP contribution is 2.53. The monoisotopic (exact) mass is 427 g/mol. The first-order valence-electron chi connectivity index (χ1n) is 10.7. The Morgan fingerprint density at radius 1 is 1.17 bits per heavy atom. The molecule has 0 saturated carbocycles. The molecule has 5 rings (SSSR count). The number of ether oxygens (including phenoxy) is 2. The molecule has 1 N–H and O–H groups in total. The molecular weight excluding hydrogens is 402 g/mol. The Morgan fingerprint density at radius 3 is 2.67 bits per heavy atom. The van der Waals surface area contributed by atoms with Crippen LogP contribution in [-0.2, 0) is 11.3 Å². The van der Waals surface area contributed by atoms with E-state index in [0.717, 1.165) is 73.8 Å². The Bertz CT molecular complexity index is 937. The second-order valence-electron chi connectivity index (χ2n) is 8.67. The Morgan fingerprint density at radius 2 is 1.93 bits per heavy atom. The van der Waals surface area contributed by atoms with Gasteiger partial charge in [-0.25, -0.2) is 4.79 Å². The number of likely N-dealkylation sites (tertiary alicyclic amines) is 1. The van der Waals surface area contributed by atoms with Crippen molar-refractivity contribution in [1.82, 2.24) is 4.90 Å². The lowest BCUT2D eigenvalue weighted by Crippen LogP contribution is -2.57. The average Bonchev–Trinajstić information content (AvgIpc) is 2.77. The number of hydrogen-bond donors (Lipinski definition) is 1. The van der Waals surface area contributed by atoms with Crippen molar-refractivity contribution >= 4 is 17.6 Å². The van der Waals surface area contributed by atoms with Gasteiger partial charge in [-0.1, -0.05) is 23.7 Å². The number of aromatic carboxylic acids is 1. The van der Waals surface area contributed by atoms with E-state index >= 15 is 0 Å². The van der Waals surface area contributed by atoms with Crippen LogP contribution >= 0.6 is 11.6 Å². The minimum atomic E-state index is -0.887. The maximum Gasteiger partial charge on any atom is 0.335 e. The Hall–Kier alpha value is -2.08. The van der Waals surface area contributed by atoms with Crippen LogP contribution in [-0.4, -0.2) is 41.3 Å². The molecule has 0 aliphatic carbocycles. The lowest BCUT2D eigenvalue weighted by Gasteiger charge is -2.53. The predicted octanol–water partition coefficient (Wildman–Crippen LogP) is 4.93. The number of carbonyl (C=O) groups is 1. The van der Waals surface area contributed by atoms with Gasteiger partial charge in [0.15, 0.2) is 0 Å². The lowest BCUT2D eigenvalue weighted by molar-refractivity contribution is -0.150. The van der Waals surface area contributed by atoms with Gasteiger partial charge in [-0.3, -0.25) is 4.90 Å². The van der Waals surface area contributed by atoms with Crippen LogP contribution in [0.3, 0.4) is 0 Å². The highest BCUT2D eigenvalue weighted by Gasteiger charge is 2.52. The van der Waals surface area contributed by atoms with Gasteiger partial charge in [0.25, 0.3) is 0 Å². The number of nitrogens with zero attached hydrogens (tertiary/aromatic N) is 1. The summed E-state index contributed by atoms with van der Waals surface area (Å²) < 4.78 is 12.9. The third-order valence-electron chi connectivity index (χ3n) is 6.90. The van der Waals surface area contributed by atoms with E-state index in [9.17, 15) is 4.79 Å². The molecule has 3 aliphatic heterocycles. The van der Waals surface area contributed by atoms with Gasteiger partial charge in [0.1, 0.15) is 11.4 Å². The van der Waals surface area contributed by atoms with Crippen molar-refractivity contribution in [1.29, 1.82) is 0 Å². The molecule has 2 aromatic rings. The van der Waals surface area contributed by atoms with Crippen LogP contribution in [0.25, 0.3) is 0 Å². The molecule has 5 nitrogen and oxygen atoms in total. The van der Waals surface area contributed by atoms with E-state index in [4.69, 9.17) is 26.2 Å². The summed E-state index contributed by atoms with van der Waals surface area (Å²) in [6, 6.07) is 13.1. The van der Waals surface area contributed by atoms with Gasteiger partial charge in [0.05, 0.1) is 11.7 Å². The van der Waals surface area contributed by atoms with E-state index in [1.807, 2.05) is 30.3 Å². The molecule has 2 saturated heterocycles. The molecule has 0 unspecified atom stereocenters. The molecule has 2 aromatic carbocycles. The maximum atomic E-state index is 11.1. The molecule has 158 valence electrons. The number of carboxylic acids is 1. The fourth-order valence-electron chi connectivity index (χ4n) is 5.33. The predicted molar refractivity (Wildman–Crippen MR) is 114 cm³/mol. The van der Waals surface area contributed by atoms with Gasteiger partial charge in [-0.2, -0.15) is 0 Å². The van der Waals surface area contributed by atoms with Gasteiger partial charge in [-0.05, 0) is 48.7 Å². The standard InChI is InChI=1S/C24H26ClNO4/c25-18-7-8-21-19(14-18)22-20(2-1-13-29-22)24(30-21)9-11-26(12-10-24)15-16-3-5-17(6-4-16)23(27)28/h3-8,14,20,22H,1-2,9-13,15H2,(H,27,28)/t20-,22+/m0/s1. The Balaban J connectivity index is 1.31. The Kier molecular flexibility index (Phi) is 5.21. The van der Waals surface area contributed by atoms with Crippen LogP contribution in [0.15, 0.2) is 42.5 Å². The number of halogens is 1. The van der Waals surface area contributed by atoms with Crippen molar-refractivity contribution in [3.63, 3.8) is 0 Å². The first-order valence-corrected chi connectivity index (χ1v) is 11.1. The summed E-state index contributed by atoms with van der Waals surface area (Å²) in [5.74, 6) is 0.385. The molecule has 0 amide bonds. The second-order valence-corrected chi connectivity index (χ2v) is 9.10. The molecule has 3 aliphatic rings. The number of carboxylic acid groups (broad SMARTS) is 1. The van der Waals surface area contributed by atoms with Crippen LogP contribution in [0.4, 0.5) is 0 Å². The van der Waals surface area contributed by atoms with E-state index in [1.165, 1.54) is 0 Å². The van der Waals surface area contributed by atoms with Crippen LogP contribution in [0, 0.1) is 5.92 Å². The molecular formula is C24H26ClNO4. The summed E-state index contributed by atoms with van der Waals surface area (Å²) in [5, 5.41) is 9.80. The van der Waals surface area contributed by atoms with Gasteiger partial charge in [0.2, 0.25) is 0 Å². The number of piperidine rings is 1. The molecule has 0 bridgehead atoms. The number of hydrogen-bond acceptors (Lipinski definition) is 4. The summed E-state index contributed by atoms with van der Waals surface area (Å²) in [5.41, 5.74) is 2.38. The molecule has 2 atom stereocenters. The molecule has 1 spiro atoms. The zero-order chi connectivity index (χ0) is 20.7. The Labute approximate surface area is 181 Å². The number of benzene rings is 2. The van der Waals surface area contributed by atoms with Crippen LogP contribution in [0.5, 0.6) is 5.75 Å². The summed E-state index contributed by atoms with van der Waals surface area (Å²) in [7, 11) is 0. The average molecular weight is 428 g/mol. The largest absolute Gasteiger partial charge is 0.486 e. The minimum absolute atomic E-state index is 0.0660. The second kappa shape index (κ2) is 7.88. The summed E-state index contributed by atoms with van der Waals surface area (Å²) in [4.78, 5) is 13.5.